The quantitative estimate of drug-likeness (QED) is 0.824. The van der Waals surface area contributed by atoms with Gasteiger partial charge in [-0.15, -0.1) is 0 Å². The highest BCUT2D eigenvalue weighted by Crippen LogP contribution is 2.21. The van der Waals surface area contributed by atoms with E-state index < -0.39 is 0 Å². The first kappa shape index (κ1) is 17.4. The van der Waals surface area contributed by atoms with E-state index in [1.807, 2.05) is 17.0 Å². The first-order chi connectivity index (χ1) is 11.1. The van der Waals surface area contributed by atoms with Gasteiger partial charge in [-0.1, -0.05) is 19.9 Å². The number of nitrogens with zero attached hydrogens (tertiary/aromatic N) is 2. The van der Waals surface area contributed by atoms with E-state index in [2.05, 4.69) is 29.5 Å². The average molecular weight is 318 g/mol. The molecule has 6 nitrogen and oxygen atoms in total. The predicted molar refractivity (Wildman–Crippen MR) is 88.6 cm³/mol. The van der Waals surface area contributed by atoms with Crippen molar-refractivity contribution >= 4 is 11.8 Å². The molecule has 23 heavy (non-hydrogen) atoms. The van der Waals surface area contributed by atoms with Crippen LogP contribution in [-0.2, 0) is 9.59 Å². The average Bonchev–Trinajstić information content (AvgIpc) is 2.58. The van der Waals surface area contributed by atoms with Crippen molar-refractivity contribution in [3.05, 3.63) is 30.1 Å². The van der Waals surface area contributed by atoms with E-state index in [0.29, 0.717) is 25.4 Å². The topological polar surface area (TPSA) is 74.3 Å². The van der Waals surface area contributed by atoms with E-state index in [1.54, 1.807) is 12.4 Å². The Kier molecular flexibility index (Phi) is 6.52. The minimum Gasteiger partial charge on any atom is -0.347 e. The molecular weight excluding hydrogens is 292 g/mol. The fourth-order valence-electron chi connectivity index (χ4n) is 2.66. The van der Waals surface area contributed by atoms with Gasteiger partial charge < -0.3 is 15.5 Å². The summed E-state index contributed by atoms with van der Waals surface area (Å²) in [5.74, 6) is 0.387. The van der Waals surface area contributed by atoms with Crippen LogP contribution < -0.4 is 10.6 Å². The van der Waals surface area contributed by atoms with Crippen molar-refractivity contribution in [1.82, 2.24) is 20.5 Å². The van der Waals surface area contributed by atoms with Gasteiger partial charge in [-0.05, 0) is 24.0 Å². The van der Waals surface area contributed by atoms with Crippen LogP contribution in [0.4, 0.5) is 0 Å². The van der Waals surface area contributed by atoms with Gasteiger partial charge in [0.2, 0.25) is 11.8 Å². The molecule has 6 heteroatoms. The van der Waals surface area contributed by atoms with Gasteiger partial charge in [0.15, 0.2) is 0 Å². The van der Waals surface area contributed by atoms with Crippen molar-refractivity contribution in [1.29, 1.82) is 0 Å². The van der Waals surface area contributed by atoms with Gasteiger partial charge in [0.25, 0.3) is 0 Å². The van der Waals surface area contributed by atoms with Crippen molar-refractivity contribution in [3.63, 3.8) is 0 Å². The number of hydrogen-bond donors (Lipinski definition) is 2. The largest absolute Gasteiger partial charge is 0.347 e. The van der Waals surface area contributed by atoms with Crippen molar-refractivity contribution < 1.29 is 9.59 Å². The fraction of sp³-hybridized carbons (Fsp3) is 0.588. The molecule has 2 N–H and O–H groups in total. The molecule has 1 aliphatic heterocycles. The maximum absolute atomic E-state index is 12.5. The Balaban J connectivity index is 1.90. The number of carbonyl (C=O) groups is 2. The molecule has 1 saturated heterocycles. The lowest BCUT2D eigenvalue weighted by Crippen LogP contribution is -2.51. The van der Waals surface area contributed by atoms with E-state index in [1.165, 1.54) is 0 Å². The van der Waals surface area contributed by atoms with Crippen LogP contribution in [0.25, 0.3) is 0 Å². The lowest BCUT2D eigenvalue weighted by Gasteiger charge is -2.36. The molecule has 0 aliphatic carbocycles. The molecule has 0 spiro atoms. The second-order valence-corrected chi connectivity index (χ2v) is 6.30. The number of hydrogen-bond acceptors (Lipinski definition) is 4. The zero-order chi connectivity index (χ0) is 16.7. The monoisotopic (exact) mass is 318 g/mol. The molecule has 1 aromatic heterocycles. The summed E-state index contributed by atoms with van der Waals surface area (Å²) in [7, 11) is 0. The Morgan fingerprint density at radius 1 is 1.48 bits per heavy atom. The van der Waals surface area contributed by atoms with Crippen molar-refractivity contribution in [2.45, 2.75) is 32.7 Å². The summed E-state index contributed by atoms with van der Waals surface area (Å²) in [4.78, 5) is 30.2. The molecule has 1 aromatic rings. The molecule has 1 unspecified atom stereocenters. The lowest BCUT2D eigenvalue weighted by atomic mass is 10.1. The maximum atomic E-state index is 12.5. The van der Waals surface area contributed by atoms with Gasteiger partial charge in [0, 0.05) is 38.4 Å². The molecule has 0 radical (unpaired) electrons. The number of rotatable bonds is 6. The molecule has 1 atom stereocenters. The van der Waals surface area contributed by atoms with E-state index in [9.17, 15) is 9.59 Å². The van der Waals surface area contributed by atoms with Gasteiger partial charge in [-0.25, -0.2) is 0 Å². The molecule has 2 rings (SSSR count). The van der Waals surface area contributed by atoms with Gasteiger partial charge >= 0.3 is 0 Å². The van der Waals surface area contributed by atoms with Crippen LogP contribution in [0.1, 0.15) is 38.3 Å². The summed E-state index contributed by atoms with van der Waals surface area (Å²) >= 11 is 0. The molecule has 2 amide bonds. The molecule has 2 heterocycles. The summed E-state index contributed by atoms with van der Waals surface area (Å²) in [6, 6.07) is 3.82. The number of carbonyl (C=O) groups excluding carboxylic acids is 2. The number of amides is 2. The van der Waals surface area contributed by atoms with Gasteiger partial charge in [-0.3, -0.25) is 14.6 Å². The molecule has 126 valence electrons. The number of piperazine rings is 1. The molecular formula is C17H26N4O2. The highest BCUT2D eigenvalue weighted by Gasteiger charge is 2.27. The van der Waals surface area contributed by atoms with Crippen molar-refractivity contribution in [2.75, 3.05) is 26.2 Å². The second-order valence-electron chi connectivity index (χ2n) is 6.30. The standard InChI is InChI=1S/C17H26N4O2/c1-13(2)5-6-16(22)20-12-17(23)21-9-8-19-11-15(21)14-4-3-7-18-10-14/h3-4,7,10,13,15,19H,5-6,8-9,11-12H2,1-2H3,(H,20,22). The zero-order valence-corrected chi connectivity index (χ0v) is 13.9. The Labute approximate surface area is 137 Å². The third kappa shape index (κ3) is 5.32. The highest BCUT2D eigenvalue weighted by molar-refractivity contribution is 5.85. The van der Waals surface area contributed by atoms with Crippen LogP contribution in [0.3, 0.4) is 0 Å². The van der Waals surface area contributed by atoms with Crippen LogP contribution in [-0.4, -0.2) is 47.9 Å². The molecule has 0 saturated carbocycles. The summed E-state index contributed by atoms with van der Waals surface area (Å²) in [6.45, 7) is 6.34. The third-order valence-electron chi connectivity index (χ3n) is 4.02. The van der Waals surface area contributed by atoms with E-state index in [0.717, 1.165) is 18.5 Å². The van der Waals surface area contributed by atoms with Gasteiger partial charge in [0.05, 0.1) is 12.6 Å². The maximum Gasteiger partial charge on any atom is 0.242 e. The molecule has 0 aromatic carbocycles. The minimum absolute atomic E-state index is 0.0301. The Morgan fingerprint density at radius 3 is 3.00 bits per heavy atom. The summed E-state index contributed by atoms with van der Waals surface area (Å²) < 4.78 is 0. The van der Waals surface area contributed by atoms with Crippen molar-refractivity contribution in [3.8, 4) is 0 Å². The van der Waals surface area contributed by atoms with Crippen LogP contribution in [0, 0.1) is 5.92 Å². The summed E-state index contributed by atoms with van der Waals surface area (Å²) in [5.41, 5.74) is 1.01. The first-order valence-electron chi connectivity index (χ1n) is 8.24. The SMILES string of the molecule is CC(C)CCC(=O)NCC(=O)N1CCNCC1c1cccnc1. The van der Waals surface area contributed by atoms with Crippen LogP contribution in [0.5, 0.6) is 0 Å². The van der Waals surface area contributed by atoms with Crippen LogP contribution in [0.15, 0.2) is 24.5 Å². The Bertz CT molecular complexity index is 519. The van der Waals surface area contributed by atoms with E-state index in [4.69, 9.17) is 0 Å². The Hall–Kier alpha value is -1.95. The molecule has 1 fully saturated rings. The predicted octanol–water partition coefficient (Wildman–Crippen LogP) is 1.11. The lowest BCUT2D eigenvalue weighted by molar-refractivity contribution is -0.135. The zero-order valence-electron chi connectivity index (χ0n) is 13.9. The molecule has 1 aliphatic rings. The number of aromatic nitrogens is 1. The summed E-state index contributed by atoms with van der Waals surface area (Å²) in [5, 5.41) is 6.05. The molecule has 0 bridgehead atoms. The summed E-state index contributed by atoms with van der Waals surface area (Å²) in [6.07, 6.45) is 4.82. The van der Waals surface area contributed by atoms with Crippen LogP contribution in [0.2, 0.25) is 0 Å². The normalized spacial score (nSPS) is 18.0. The third-order valence-corrected chi connectivity index (χ3v) is 4.02. The van der Waals surface area contributed by atoms with Gasteiger partial charge in [0.1, 0.15) is 0 Å². The Morgan fingerprint density at radius 2 is 2.30 bits per heavy atom. The smallest absolute Gasteiger partial charge is 0.242 e. The van der Waals surface area contributed by atoms with E-state index in [-0.39, 0.29) is 24.4 Å². The van der Waals surface area contributed by atoms with Gasteiger partial charge in [-0.2, -0.15) is 0 Å². The number of nitrogens with one attached hydrogen (secondary N) is 2. The first-order valence-corrected chi connectivity index (χ1v) is 8.24. The van der Waals surface area contributed by atoms with E-state index >= 15 is 0 Å². The van der Waals surface area contributed by atoms with Crippen molar-refractivity contribution in [2.24, 2.45) is 5.92 Å². The second kappa shape index (κ2) is 8.62. The fourth-order valence-corrected chi connectivity index (χ4v) is 2.66. The minimum atomic E-state index is -0.0555. The highest BCUT2D eigenvalue weighted by atomic mass is 16.2. The van der Waals surface area contributed by atoms with Crippen LogP contribution >= 0.6 is 0 Å². The number of pyridine rings is 1.